The Labute approximate surface area is 90.9 Å². The molecule has 0 spiro atoms. The van der Waals surface area contributed by atoms with Crippen LogP contribution in [-0.2, 0) is 6.42 Å². The number of hydrogen-bond acceptors (Lipinski definition) is 1. The second-order valence-electron chi connectivity index (χ2n) is 2.83. The molecule has 74 valence electrons. The highest BCUT2D eigenvalue weighted by Crippen LogP contribution is 2.03. The van der Waals surface area contributed by atoms with Crippen LogP contribution in [0.2, 0.25) is 0 Å². The Kier molecular flexibility index (Phi) is 7.06. The van der Waals surface area contributed by atoms with E-state index in [0.29, 0.717) is 11.9 Å². The molecule has 3 heteroatoms. The fraction of sp³-hybridized carbons (Fsp3) is 0.400. The summed E-state index contributed by atoms with van der Waals surface area (Å²) in [5, 5.41) is 3.17. The monoisotopic (exact) mass is 219 g/mol. The summed E-state index contributed by atoms with van der Waals surface area (Å²) >= 11 is 5.76. The van der Waals surface area contributed by atoms with Crippen LogP contribution in [0.15, 0.2) is 30.3 Å². The maximum atomic E-state index is 5.76. The summed E-state index contributed by atoms with van der Waals surface area (Å²) in [4.78, 5) is 0. The van der Waals surface area contributed by atoms with E-state index in [1.807, 2.05) is 13.1 Å². The minimum atomic E-state index is 0. The summed E-state index contributed by atoms with van der Waals surface area (Å²) in [5.74, 6) is 0.658. The van der Waals surface area contributed by atoms with Gasteiger partial charge in [-0.15, -0.1) is 24.0 Å². The number of rotatable bonds is 4. The first-order chi connectivity index (χ1) is 5.86. The van der Waals surface area contributed by atoms with Gasteiger partial charge in [-0.2, -0.15) is 0 Å². The van der Waals surface area contributed by atoms with E-state index in [0.717, 1.165) is 6.42 Å². The molecular weight excluding hydrogens is 205 g/mol. The van der Waals surface area contributed by atoms with Crippen molar-refractivity contribution in [2.75, 3.05) is 12.9 Å². The van der Waals surface area contributed by atoms with Crippen LogP contribution < -0.4 is 5.32 Å². The number of likely N-dealkylation sites (N-methyl/N-ethyl adjacent to an activating group) is 1. The first kappa shape index (κ1) is 12.8. The zero-order valence-electron chi connectivity index (χ0n) is 7.66. The molecule has 0 aliphatic rings. The normalized spacial score (nSPS) is 11.8. The van der Waals surface area contributed by atoms with Crippen LogP contribution in [0.5, 0.6) is 0 Å². The molecule has 1 unspecified atom stereocenters. The Bertz CT molecular complexity index is 209. The lowest BCUT2D eigenvalue weighted by Gasteiger charge is -2.11. The van der Waals surface area contributed by atoms with Gasteiger partial charge < -0.3 is 5.32 Å². The largest absolute Gasteiger partial charge is 0.315 e. The van der Waals surface area contributed by atoms with Gasteiger partial charge in [-0.25, -0.2) is 0 Å². The summed E-state index contributed by atoms with van der Waals surface area (Å²) in [6.07, 6.45) is 1.00. The number of alkyl halides is 1. The van der Waals surface area contributed by atoms with Crippen LogP contribution in [-0.4, -0.2) is 19.0 Å². The van der Waals surface area contributed by atoms with Gasteiger partial charge in [0.1, 0.15) is 0 Å². The SMILES string of the molecule is CNC(CCl)Cc1ccccc1.Cl. The molecule has 0 saturated carbocycles. The molecule has 0 amide bonds. The quantitative estimate of drug-likeness (QED) is 0.768. The van der Waals surface area contributed by atoms with Gasteiger partial charge in [0.25, 0.3) is 0 Å². The van der Waals surface area contributed by atoms with Crippen LogP contribution in [0.25, 0.3) is 0 Å². The molecule has 0 saturated heterocycles. The molecule has 0 aliphatic heterocycles. The zero-order valence-corrected chi connectivity index (χ0v) is 9.24. The van der Waals surface area contributed by atoms with Gasteiger partial charge >= 0.3 is 0 Å². The highest BCUT2D eigenvalue weighted by molar-refractivity contribution is 6.18. The Morgan fingerprint density at radius 1 is 1.31 bits per heavy atom. The molecule has 0 aliphatic carbocycles. The van der Waals surface area contributed by atoms with Crippen molar-refractivity contribution in [3.05, 3.63) is 35.9 Å². The van der Waals surface area contributed by atoms with Crippen molar-refractivity contribution in [3.8, 4) is 0 Å². The molecule has 1 nitrogen and oxygen atoms in total. The van der Waals surface area contributed by atoms with E-state index < -0.39 is 0 Å². The van der Waals surface area contributed by atoms with Crippen molar-refractivity contribution in [2.45, 2.75) is 12.5 Å². The Morgan fingerprint density at radius 2 is 1.92 bits per heavy atom. The first-order valence-corrected chi connectivity index (χ1v) is 4.67. The van der Waals surface area contributed by atoms with Gasteiger partial charge in [-0.05, 0) is 19.0 Å². The maximum Gasteiger partial charge on any atom is 0.0380 e. The molecule has 0 radical (unpaired) electrons. The third kappa shape index (κ3) is 4.51. The number of nitrogens with one attached hydrogen (secondary N) is 1. The standard InChI is InChI=1S/C10H14ClN.ClH/c1-12-10(8-11)7-9-5-3-2-4-6-9;/h2-6,10,12H,7-8H2,1H3;1H. The van der Waals surface area contributed by atoms with Gasteiger partial charge in [0.2, 0.25) is 0 Å². The van der Waals surface area contributed by atoms with E-state index in [1.54, 1.807) is 0 Å². The summed E-state index contributed by atoms with van der Waals surface area (Å²) in [5.41, 5.74) is 1.33. The summed E-state index contributed by atoms with van der Waals surface area (Å²) in [6.45, 7) is 0. The summed E-state index contributed by atoms with van der Waals surface area (Å²) in [6, 6.07) is 10.8. The van der Waals surface area contributed by atoms with Gasteiger partial charge in [0.05, 0.1) is 0 Å². The maximum absolute atomic E-state index is 5.76. The van der Waals surface area contributed by atoms with Crippen LogP contribution in [0.1, 0.15) is 5.56 Å². The van der Waals surface area contributed by atoms with Crippen LogP contribution in [0.3, 0.4) is 0 Å². The van der Waals surface area contributed by atoms with Crippen molar-refractivity contribution in [1.82, 2.24) is 5.32 Å². The molecule has 0 aromatic heterocycles. The fourth-order valence-corrected chi connectivity index (χ4v) is 1.40. The zero-order chi connectivity index (χ0) is 8.81. The van der Waals surface area contributed by atoms with E-state index in [1.165, 1.54) is 5.56 Å². The molecule has 1 aromatic rings. The van der Waals surface area contributed by atoms with Gasteiger partial charge in [0, 0.05) is 11.9 Å². The molecular formula is C10H15Cl2N. The van der Waals surface area contributed by atoms with E-state index >= 15 is 0 Å². The molecule has 1 aromatic carbocycles. The number of benzene rings is 1. The van der Waals surface area contributed by atoms with E-state index in [4.69, 9.17) is 11.6 Å². The van der Waals surface area contributed by atoms with Crippen LogP contribution in [0.4, 0.5) is 0 Å². The third-order valence-electron chi connectivity index (χ3n) is 1.92. The summed E-state index contributed by atoms with van der Waals surface area (Å²) in [7, 11) is 1.94. The van der Waals surface area contributed by atoms with Crippen LogP contribution in [0, 0.1) is 0 Å². The average Bonchev–Trinajstić information content (AvgIpc) is 2.16. The molecule has 0 bridgehead atoms. The second-order valence-corrected chi connectivity index (χ2v) is 3.14. The Morgan fingerprint density at radius 3 is 2.38 bits per heavy atom. The van der Waals surface area contributed by atoms with Crippen molar-refractivity contribution in [1.29, 1.82) is 0 Å². The van der Waals surface area contributed by atoms with E-state index in [2.05, 4.69) is 29.6 Å². The predicted octanol–water partition coefficient (Wildman–Crippen LogP) is 2.48. The average molecular weight is 220 g/mol. The minimum absolute atomic E-state index is 0. The smallest absolute Gasteiger partial charge is 0.0380 e. The fourth-order valence-electron chi connectivity index (χ4n) is 1.13. The highest BCUT2D eigenvalue weighted by Gasteiger charge is 2.03. The van der Waals surface area contributed by atoms with E-state index in [9.17, 15) is 0 Å². The Balaban J connectivity index is 0.00000144. The van der Waals surface area contributed by atoms with Gasteiger partial charge in [0.15, 0.2) is 0 Å². The van der Waals surface area contributed by atoms with Gasteiger partial charge in [-0.3, -0.25) is 0 Å². The Hall–Kier alpha value is -0.240. The van der Waals surface area contributed by atoms with Crippen molar-refractivity contribution in [2.24, 2.45) is 0 Å². The second kappa shape index (κ2) is 7.19. The topological polar surface area (TPSA) is 12.0 Å². The van der Waals surface area contributed by atoms with Crippen molar-refractivity contribution >= 4 is 24.0 Å². The lowest BCUT2D eigenvalue weighted by molar-refractivity contribution is 0.614. The third-order valence-corrected chi connectivity index (χ3v) is 2.29. The highest BCUT2D eigenvalue weighted by atomic mass is 35.5. The first-order valence-electron chi connectivity index (χ1n) is 4.14. The van der Waals surface area contributed by atoms with Crippen LogP contribution >= 0.6 is 24.0 Å². The molecule has 1 N–H and O–H groups in total. The molecule has 1 atom stereocenters. The predicted molar refractivity (Wildman–Crippen MR) is 61.0 cm³/mol. The van der Waals surface area contributed by atoms with E-state index in [-0.39, 0.29) is 12.4 Å². The minimum Gasteiger partial charge on any atom is -0.315 e. The lowest BCUT2D eigenvalue weighted by Crippen LogP contribution is -2.29. The molecule has 0 heterocycles. The van der Waals surface area contributed by atoms with Crippen molar-refractivity contribution < 1.29 is 0 Å². The van der Waals surface area contributed by atoms with Crippen molar-refractivity contribution in [3.63, 3.8) is 0 Å². The molecule has 1 rings (SSSR count). The van der Waals surface area contributed by atoms with Gasteiger partial charge in [-0.1, -0.05) is 30.3 Å². The molecule has 0 fully saturated rings. The number of halogens is 2. The number of hydrogen-bond donors (Lipinski definition) is 1. The summed E-state index contributed by atoms with van der Waals surface area (Å²) < 4.78 is 0. The lowest BCUT2D eigenvalue weighted by atomic mass is 10.1. The molecule has 13 heavy (non-hydrogen) atoms.